The molecular weight excluding hydrogens is 1060 g/mol. The number of ketones is 10. The number of hydrogen-bond donors (Lipinski definition) is 2. The summed E-state index contributed by atoms with van der Waals surface area (Å²) in [6.45, 7) is 9.21. The van der Waals surface area contributed by atoms with Crippen LogP contribution in [0.3, 0.4) is 0 Å². The van der Waals surface area contributed by atoms with Gasteiger partial charge in [0.25, 0.3) is 11.4 Å². The lowest BCUT2D eigenvalue weighted by Gasteiger charge is -2.32. The zero-order valence-electron chi connectivity index (χ0n) is 47.5. The molecule has 5 atom stereocenters. The van der Waals surface area contributed by atoms with Crippen molar-refractivity contribution in [2.45, 2.75) is 158 Å². The van der Waals surface area contributed by atoms with E-state index in [1.54, 1.807) is 62.4 Å². The van der Waals surface area contributed by atoms with Crippen LogP contribution in [0, 0.1) is 20.2 Å². The number of nitro groups is 2. The summed E-state index contributed by atoms with van der Waals surface area (Å²) in [5, 5.41) is 21.6. The number of nitro benzene ring substituents is 2. The molecule has 18 nitrogen and oxygen atoms in total. The number of non-ortho nitro benzene ring substituents is 1. The molecule has 18 heteroatoms. The van der Waals surface area contributed by atoms with E-state index in [-0.39, 0.29) is 101 Å². The Hall–Kier alpha value is -8.80. The molecule has 83 heavy (non-hydrogen) atoms. The molecule has 0 spiro atoms. The Balaban J connectivity index is 0.000000167. The highest BCUT2D eigenvalue weighted by Gasteiger charge is 2.45. The summed E-state index contributed by atoms with van der Waals surface area (Å²) in [7, 11) is 0. The summed E-state index contributed by atoms with van der Waals surface area (Å²) in [6.07, 6.45) is 4.88. The summed E-state index contributed by atoms with van der Waals surface area (Å²) in [4.78, 5) is 137. The number of carbonyl (C=O) groups is 10. The fourth-order valence-corrected chi connectivity index (χ4v) is 11.1. The summed E-state index contributed by atoms with van der Waals surface area (Å²) >= 11 is 0. The average molecular weight is 1130 g/mol. The summed E-state index contributed by atoms with van der Waals surface area (Å²) < 4.78 is 0. The molecule has 10 rings (SSSR count). The number of anilines is 2. The topological polar surface area (TPSA) is 309 Å². The molecule has 434 valence electrons. The van der Waals surface area contributed by atoms with Gasteiger partial charge in [0.15, 0.2) is 11.6 Å². The van der Waals surface area contributed by atoms with Crippen LogP contribution in [0.25, 0.3) is 0 Å². The Morgan fingerprint density at radius 1 is 0.349 bits per heavy atom. The second kappa shape index (κ2) is 26.4. The number of hydrogen-bond acceptors (Lipinski definition) is 16. The zero-order valence-corrected chi connectivity index (χ0v) is 47.5. The molecule has 5 fully saturated rings. The van der Waals surface area contributed by atoms with Crippen LogP contribution in [0.1, 0.15) is 159 Å². The third kappa shape index (κ3) is 14.6. The van der Waals surface area contributed by atoms with Crippen molar-refractivity contribution in [2.24, 2.45) is 0 Å². The highest BCUT2D eigenvalue weighted by Crippen LogP contribution is 2.42. The molecule has 5 aromatic carbocycles. The predicted octanol–water partition coefficient (Wildman–Crippen LogP) is 10.3. The molecule has 5 unspecified atom stereocenters. The molecule has 0 aliphatic heterocycles. The number of para-hydroxylation sites is 2. The maximum Gasteiger partial charge on any atom is 0.273 e. The summed E-state index contributed by atoms with van der Waals surface area (Å²) in [5.41, 5.74) is 13.6. The smallest absolute Gasteiger partial charge is 0.273 e. The fraction of sp³-hybridized carbons (Fsp3) is 0.385. The van der Waals surface area contributed by atoms with Gasteiger partial charge in [0.2, 0.25) is 0 Å². The Morgan fingerprint density at radius 2 is 0.651 bits per heavy atom. The van der Waals surface area contributed by atoms with Crippen molar-refractivity contribution < 1.29 is 57.8 Å². The van der Waals surface area contributed by atoms with Crippen LogP contribution in [0.15, 0.2) is 127 Å². The van der Waals surface area contributed by atoms with E-state index in [9.17, 15) is 68.2 Å². The molecule has 5 aromatic rings. The lowest BCUT2D eigenvalue weighted by molar-refractivity contribution is -0.386. The molecule has 5 aliphatic rings. The quantitative estimate of drug-likeness (QED) is 0.0662. The van der Waals surface area contributed by atoms with Gasteiger partial charge >= 0.3 is 0 Å². The second-order valence-electron chi connectivity index (χ2n) is 23.0. The van der Waals surface area contributed by atoms with Crippen LogP contribution in [0.5, 0.6) is 0 Å². The van der Waals surface area contributed by atoms with Crippen molar-refractivity contribution in [1.29, 1.82) is 0 Å². The third-order valence-electron chi connectivity index (χ3n) is 17.3. The Bertz CT molecular complexity index is 3380. The first-order valence-corrected chi connectivity index (χ1v) is 27.6. The van der Waals surface area contributed by atoms with E-state index in [1.807, 2.05) is 81.4 Å². The normalized spacial score (nSPS) is 25.2. The molecule has 0 bridgehead atoms. The highest BCUT2D eigenvalue weighted by atomic mass is 16.6. The van der Waals surface area contributed by atoms with Crippen LogP contribution in [-0.2, 0) is 75.0 Å². The molecule has 0 aromatic heterocycles. The van der Waals surface area contributed by atoms with Gasteiger partial charge in [-0.1, -0.05) is 91.0 Å². The van der Waals surface area contributed by atoms with E-state index in [4.69, 9.17) is 11.5 Å². The van der Waals surface area contributed by atoms with Gasteiger partial charge in [0, 0.05) is 67.2 Å². The molecular formula is C65H70N4O14. The van der Waals surface area contributed by atoms with Crippen LogP contribution in [0.4, 0.5) is 22.7 Å². The van der Waals surface area contributed by atoms with Gasteiger partial charge in [-0.15, -0.1) is 0 Å². The predicted molar refractivity (Wildman–Crippen MR) is 310 cm³/mol. The van der Waals surface area contributed by atoms with Crippen molar-refractivity contribution >= 4 is 80.6 Å². The van der Waals surface area contributed by atoms with E-state index in [0.29, 0.717) is 81.1 Å². The zero-order chi connectivity index (χ0) is 61.1. The molecule has 5 aliphatic carbocycles. The summed E-state index contributed by atoms with van der Waals surface area (Å²) in [6, 6.07) is 36.7. The first-order chi connectivity index (χ1) is 39.1. The molecule has 4 N–H and O–H groups in total. The summed E-state index contributed by atoms with van der Waals surface area (Å²) in [5.74, 6) is -0.209. The molecule has 0 heterocycles. The Morgan fingerprint density at radius 3 is 1.00 bits per heavy atom. The monoisotopic (exact) mass is 1130 g/mol. The van der Waals surface area contributed by atoms with E-state index in [0.717, 1.165) is 22.3 Å². The number of Topliss-reactive ketones (excluding diaryl/α,β-unsaturated/α-hetero) is 10. The van der Waals surface area contributed by atoms with Crippen LogP contribution in [0.2, 0.25) is 0 Å². The van der Waals surface area contributed by atoms with Crippen LogP contribution >= 0.6 is 0 Å². The number of benzene rings is 5. The Labute approximate surface area is 481 Å². The molecule has 0 radical (unpaired) electrons. The molecule has 5 saturated carbocycles. The number of nitrogens with two attached hydrogens (primary N) is 2. The lowest BCUT2D eigenvalue weighted by atomic mass is 9.69. The lowest BCUT2D eigenvalue weighted by Crippen LogP contribution is -2.39. The van der Waals surface area contributed by atoms with Crippen molar-refractivity contribution in [3.8, 4) is 0 Å². The van der Waals surface area contributed by atoms with Gasteiger partial charge in [0.05, 0.1) is 69.0 Å². The van der Waals surface area contributed by atoms with E-state index < -0.39 is 36.9 Å². The Kier molecular flexibility index (Phi) is 20.2. The van der Waals surface area contributed by atoms with E-state index in [1.165, 1.54) is 18.2 Å². The molecule has 0 amide bonds. The first kappa shape index (κ1) is 63.4. The minimum atomic E-state index is -0.919. The minimum absolute atomic E-state index is 0.00156. The number of nitrogen functional groups attached to an aromatic ring is 2. The van der Waals surface area contributed by atoms with Crippen molar-refractivity contribution in [2.75, 3.05) is 11.5 Å². The van der Waals surface area contributed by atoms with Gasteiger partial charge in [-0.3, -0.25) is 68.2 Å². The van der Waals surface area contributed by atoms with Gasteiger partial charge in [-0.25, -0.2) is 0 Å². The van der Waals surface area contributed by atoms with Gasteiger partial charge in [-0.05, 0) is 107 Å². The third-order valence-corrected chi connectivity index (χ3v) is 17.3. The van der Waals surface area contributed by atoms with Gasteiger partial charge in [0.1, 0.15) is 46.3 Å². The number of rotatable bonds is 7. The van der Waals surface area contributed by atoms with E-state index in [2.05, 4.69) is 0 Å². The standard InChI is InChI=1S/2C13H13NO4.2C13H15NO2.C13H14O2/c1-13(7-6-11(15)8-12(13)16)9-2-4-10(5-3-9)14(17)18;1-13(7-6-9(15)8-12(13)16)10-4-2-3-5-11(10)14(17)18;1-13(7-6-11(15)8-12(13)16)9-2-4-10(14)5-3-9;1-13(7-6-9(15)8-12(13)16)10-4-2-3-5-11(10)14;1-13(10-5-3-2-4-6-10)8-7-11(14)9-12(13)15/h2*2-5H,6-8H2,1H3;2*2-5H,6-8,14H2,1H3;2-6H,7-9H2,1H3. The maximum atomic E-state index is 12.1. The first-order valence-electron chi connectivity index (χ1n) is 27.6. The SMILES string of the molecule is CC1(c2ccc(N)cc2)CCC(=O)CC1=O.CC1(c2ccc([N+](=O)[O-])cc2)CCC(=O)CC1=O.CC1(c2ccccc2)CCC(=O)CC1=O.CC1(c2ccccc2N)CCC(=O)CC1=O.CC1(c2ccccc2[N+](=O)[O-])CCC(=O)CC1=O. The van der Waals surface area contributed by atoms with E-state index >= 15 is 0 Å². The minimum Gasteiger partial charge on any atom is -0.399 e. The fourth-order valence-electron chi connectivity index (χ4n) is 11.1. The number of nitrogens with zero attached hydrogens (tertiary/aromatic N) is 2. The van der Waals surface area contributed by atoms with Crippen molar-refractivity contribution in [3.63, 3.8) is 0 Å². The number of carbonyl (C=O) groups excluding carboxylic acids is 10. The van der Waals surface area contributed by atoms with Crippen LogP contribution < -0.4 is 11.5 Å². The van der Waals surface area contributed by atoms with Gasteiger partial charge in [-0.2, -0.15) is 0 Å². The maximum absolute atomic E-state index is 12.1. The van der Waals surface area contributed by atoms with Crippen molar-refractivity contribution in [1.82, 2.24) is 0 Å². The average Bonchev–Trinajstić information content (AvgIpc) is 3.60. The van der Waals surface area contributed by atoms with Gasteiger partial charge < -0.3 is 11.5 Å². The molecule has 0 saturated heterocycles. The largest absolute Gasteiger partial charge is 0.399 e. The van der Waals surface area contributed by atoms with Crippen LogP contribution in [-0.4, -0.2) is 67.7 Å². The second-order valence-corrected chi connectivity index (χ2v) is 23.0. The van der Waals surface area contributed by atoms with Crippen molar-refractivity contribution in [3.05, 3.63) is 175 Å². The highest BCUT2D eigenvalue weighted by molar-refractivity contribution is 6.09.